The summed E-state index contributed by atoms with van der Waals surface area (Å²) in [5.41, 5.74) is 3.14. The standard InChI is InChI=1S/C17H22N4OS/c1-11(15(10-22)23-2)19-16-12-6-5-8-13(12)20-17(21-16)14-7-3-4-9-18-14/h3-4,7,9,11,15,22H,5-6,8,10H2,1-2H3,(H,19,20,21)/t11-,15+/m0/s1. The van der Waals surface area contributed by atoms with Crippen LogP contribution < -0.4 is 5.32 Å². The first-order valence-electron chi connectivity index (χ1n) is 7.94. The number of nitrogens with zero attached hydrogens (tertiary/aromatic N) is 3. The van der Waals surface area contributed by atoms with E-state index in [2.05, 4.69) is 17.2 Å². The van der Waals surface area contributed by atoms with Crippen LogP contribution in [0.25, 0.3) is 11.5 Å². The highest BCUT2D eigenvalue weighted by molar-refractivity contribution is 7.99. The molecule has 0 spiro atoms. The van der Waals surface area contributed by atoms with Crippen molar-refractivity contribution in [2.75, 3.05) is 18.2 Å². The number of nitrogens with one attached hydrogen (secondary N) is 1. The smallest absolute Gasteiger partial charge is 0.180 e. The molecule has 23 heavy (non-hydrogen) atoms. The molecule has 1 aliphatic carbocycles. The Morgan fingerprint density at radius 2 is 2.17 bits per heavy atom. The summed E-state index contributed by atoms with van der Waals surface area (Å²) in [6.07, 6.45) is 6.90. The summed E-state index contributed by atoms with van der Waals surface area (Å²) in [6.45, 7) is 2.23. The summed E-state index contributed by atoms with van der Waals surface area (Å²) in [7, 11) is 0. The van der Waals surface area contributed by atoms with Crippen molar-refractivity contribution in [1.29, 1.82) is 0 Å². The maximum atomic E-state index is 9.50. The van der Waals surface area contributed by atoms with Crippen molar-refractivity contribution in [2.45, 2.75) is 37.5 Å². The number of thioether (sulfide) groups is 1. The topological polar surface area (TPSA) is 70.9 Å². The lowest BCUT2D eigenvalue weighted by atomic mass is 10.2. The Labute approximate surface area is 141 Å². The van der Waals surface area contributed by atoms with Crippen molar-refractivity contribution < 1.29 is 5.11 Å². The molecule has 122 valence electrons. The number of anilines is 1. The van der Waals surface area contributed by atoms with Crippen molar-refractivity contribution in [3.63, 3.8) is 0 Å². The molecule has 2 aromatic heterocycles. The average molecular weight is 330 g/mol. The first kappa shape index (κ1) is 16.2. The number of aliphatic hydroxyl groups excluding tert-OH is 1. The molecule has 0 saturated carbocycles. The summed E-state index contributed by atoms with van der Waals surface area (Å²) >= 11 is 1.66. The quantitative estimate of drug-likeness (QED) is 0.848. The summed E-state index contributed by atoms with van der Waals surface area (Å²) in [6, 6.07) is 5.90. The zero-order valence-electron chi connectivity index (χ0n) is 13.5. The Morgan fingerprint density at radius 1 is 1.30 bits per heavy atom. The highest BCUT2D eigenvalue weighted by Gasteiger charge is 2.23. The molecule has 1 aliphatic rings. The third-order valence-corrected chi connectivity index (χ3v) is 5.39. The van der Waals surface area contributed by atoms with Crippen LogP contribution in [0.2, 0.25) is 0 Å². The summed E-state index contributed by atoms with van der Waals surface area (Å²) in [4.78, 5) is 13.8. The maximum absolute atomic E-state index is 9.50. The van der Waals surface area contributed by atoms with E-state index in [1.165, 1.54) is 5.56 Å². The fourth-order valence-corrected chi connectivity index (χ4v) is 3.53. The van der Waals surface area contributed by atoms with Crippen molar-refractivity contribution in [1.82, 2.24) is 15.0 Å². The van der Waals surface area contributed by atoms with E-state index in [4.69, 9.17) is 9.97 Å². The Hall–Kier alpha value is -1.66. The SMILES string of the molecule is CS[C@H](CO)[C@H](C)Nc1nc(-c2ccccn2)nc2c1CCC2. The first-order chi connectivity index (χ1) is 11.2. The molecular formula is C17H22N4OS. The zero-order valence-corrected chi connectivity index (χ0v) is 14.3. The number of pyridine rings is 1. The molecule has 0 amide bonds. The Kier molecular flexibility index (Phi) is 5.13. The molecule has 2 N–H and O–H groups in total. The summed E-state index contributed by atoms with van der Waals surface area (Å²) < 4.78 is 0. The van der Waals surface area contributed by atoms with Gasteiger partial charge in [0.25, 0.3) is 0 Å². The second kappa shape index (κ2) is 7.27. The molecule has 0 unspecified atom stereocenters. The lowest BCUT2D eigenvalue weighted by molar-refractivity contribution is 0.288. The molecule has 3 rings (SSSR count). The molecule has 0 bridgehead atoms. The first-order valence-corrected chi connectivity index (χ1v) is 9.23. The van der Waals surface area contributed by atoms with Gasteiger partial charge >= 0.3 is 0 Å². The van der Waals surface area contributed by atoms with Gasteiger partial charge in [0.1, 0.15) is 11.5 Å². The van der Waals surface area contributed by atoms with Crippen LogP contribution in [0.3, 0.4) is 0 Å². The van der Waals surface area contributed by atoms with Gasteiger partial charge in [0.2, 0.25) is 0 Å². The van der Waals surface area contributed by atoms with E-state index in [9.17, 15) is 5.11 Å². The van der Waals surface area contributed by atoms with E-state index in [1.54, 1.807) is 18.0 Å². The molecule has 2 heterocycles. The van der Waals surface area contributed by atoms with Crippen LogP contribution in [0.1, 0.15) is 24.6 Å². The van der Waals surface area contributed by atoms with Crippen LogP contribution in [-0.4, -0.2) is 44.2 Å². The number of aromatic nitrogens is 3. The molecule has 0 saturated heterocycles. The number of hydrogen-bond acceptors (Lipinski definition) is 6. The second-order valence-electron chi connectivity index (χ2n) is 5.78. The van der Waals surface area contributed by atoms with Crippen LogP contribution in [0.15, 0.2) is 24.4 Å². The van der Waals surface area contributed by atoms with Crippen LogP contribution >= 0.6 is 11.8 Å². The number of fused-ring (bicyclic) bond motifs is 1. The van der Waals surface area contributed by atoms with E-state index in [0.29, 0.717) is 5.82 Å². The van der Waals surface area contributed by atoms with Gasteiger partial charge in [-0.25, -0.2) is 9.97 Å². The molecule has 0 aliphatic heterocycles. The van der Waals surface area contributed by atoms with E-state index < -0.39 is 0 Å². The normalized spacial score (nSPS) is 16.0. The van der Waals surface area contributed by atoms with Crippen LogP contribution in [-0.2, 0) is 12.8 Å². The predicted molar refractivity (Wildman–Crippen MR) is 94.8 cm³/mol. The van der Waals surface area contributed by atoms with Crippen molar-refractivity contribution >= 4 is 17.6 Å². The Bertz CT molecular complexity index is 661. The minimum atomic E-state index is 0.131. The number of aryl methyl sites for hydroxylation is 1. The summed E-state index contributed by atoms with van der Waals surface area (Å²) in [5.74, 6) is 1.57. The van der Waals surface area contributed by atoms with Gasteiger partial charge in [-0.05, 0) is 44.6 Å². The number of rotatable bonds is 6. The van der Waals surface area contributed by atoms with Crippen LogP contribution in [0, 0.1) is 0 Å². The predicted octanol–water partition coefficient (Wildman–Crippen LogP) is 2.55. The van der Waals surface area contributed by atoms with Gasteiger partial charge in [-0.2, -0.15) is 11.8 Å². The average Bonchev–Trinajstić information content (AvgIpc) is 3.05. The van der Waals surface area contributed by atoms with Gasteiger partial charge in [0, 0.05) is 28.7 Å². The Morgan fingerprint density at radius 3 is 2.87 bits per heavy atom. The number of aliphatic hydroxyl groups is 1. The van der Waals surface area contributed by atoms with Gasteiger partial charge in [0.15, 0.2) is 5.82 Å². The van der Waals surface area contributed by atoms with Crippen molar-refractivity contribution in [3.8, 4) is 11.5 Å². The van der Waals surface area contributed by atoms with E-state index in [-0.39, 0.29) is 17.9 Å². The highest BCUT2D eigenvalue weighted by atomic mass is 32.2. The van der Waals surface area contributed by atoms with Crippen molar-refractivity contribution in [3.05, 3.63) is 35.7 Å². The maximum Gasteiger partial charge on any atom is 0.180 e. The van der Waals surface area contributed by atoms with Gasteiger partial charge in [-0.15, -0.1) is 0 Å². The van der Waals surface area contributed by atoms with Gasteiger partial charge in [0.05, 0.1) is 6.61 Å². The molecule has 5 nitrogen and oxygen atoms in total. The minimum Gasteiger partial charge on any atom is -0.395 e. The summed E-state index contributed by atoms with van der Waals surface area (Å²) in [5, 5.41) is 13.1. The molecule has 0 fully saturated rings. The van der Waals surface area contributed by atoms with Gasteiger partial charge in [-0.3, -0.25) is 4.98 Å². The Balaban J connectivity index is 1.94. The lowest BCUT2D eigenvalue weighted by Crippen LogP contribution is -2.31. The molecule has 2 aromatic rings. The second-order valence-corrected chi connectivity index (χ2v) is 6.86. The molecule has 0 radical (unpaired) electrons. The van der Waals surface area contributed by atoms with E-state index >= 15 is 0 Å². The van der Waals surface area contributed by atoms with Gasteiger partial charge < -0.3 is 10.4 Å². The zero-order chi connectivity index (χ0) is 16.2. The fourth-order valence-electron chi connectivity index (χ4n) is 2.91. The molecular weight excluding hydrogens is 308 g/mol. The monoisotopic (exact) mass is 330 g/mol. The molecule has 6 heteroatoms. The largest absolute Gasteiger partial charge is 0.395 e. The van der Waals surface area contributed by atoms with E-state index in [1.807, 2.05) is 24.5 Å². The molecule has 2 atom stereocenters. The van der Waals surface area contributed by atoms with Gasteiger partial charge in [-0.1, -0.05) is 6.07 Å². The highest BCUT2D eigenvalue weighted by Crippen LogP contribution is 2.29. The van der Waals surface area contributed by atoms with Crippen molar-refractivity contribution in [2.24, 2.45) is 0 Å². The minimum absolute atomic E-state index is 0.131. The van der Waals surface area contributed by atoms with E-state index in [0.717, 1.165) is 36.5 Å². The lowest BCUT2D eigenvalue weighted by Gasteiger charge is -2.23. The number of hydrogen-bond donors (Lipinski definition) is 2. The third kappa shape index (κ3) is 3.48. The molecule has 0 aromatic carbocycles. The fraction of sp³-hybridized carbons (Fsp3) is 0.471. The van der Waals surface area contributed by atoms with Crippen LogP contribution in [0.5, 0.6) is 0 Å². The third-order valence-electron chi connectivity index (χ3n) is 4.23. The van der Waals surface area contributed by atoms with Crippen LogP contribution in [0.4, 0.5) is 5.82 Å².